The lowest BCUT2D eigenvalue weighted by Crippen LogP contribution is -2.18. The molecular weight excluding hydrogens is 359 g/mol. The lowest BCUT2D eigenvalue weighted by Gasteiger charge is -2.09. The third kappa shape index (κ3) is 5.01. The summed E-state index contributed by atoms with van der Waals surface area (Å²) in [6.07, 6.45) is 1.96. The van der Waals surface area contributed by atoms with E-state index in [2.05, 4.69) is 20.8 Å². The predicted octanol–water partition coefficient (Wildman–Crippen LogP) is 3.26. The van der Waals surface area contributed by atoms with Crippen LogP contribution in [0.3, 0.4) is 0 Å². The number of aromatic amines is 1. The van der Waals surface area contributed by atoms with Gasteiger partial charge in [-0.3, -0.25) is 9.59 Å². The summed E-state index contributed by atoms with van der Waals surface area (Å²) in [4.78, 5) is 24.1. The Labute approximate surface area is 162 Å². The van der Waals surface area contributed by atoms with Crippen molar-refractivity contribution < 1.29 is 9.18 Å². The van der Waals surface area contributed by atoms with E-state index in [4.69, 9.17) is 0 Å². The van der Waals surface area contributed by atoms with Crippen LogP contribution < -0.4 is 16.2 Å². The lowest BCUT2D eigenvalue weighted by molar-refractivity contribution is -0.116. The van der Waals surface area contributed by atoms with Crippen molar-refractivity contribution in [2.75, 3.05) is 25.1 Å². The van der Waals surface area contributed by atoms with Gasteiger partial charge >= 0.3 is 0 Å². The molecule has 0 radical (unpaired) electrons. The first-order valence-corrected chi connectivity index (χ1v) is 9.33. The number of nitrogens with one attached hydrogen (secondary N) is 3. The van der Waals surface area contributed by atoms with E-state index in [-0.39, 0.29) is 18.1 Å². The van der Waals surface area contributed by atoms with Gasteiger partial charge in [-0.2, -0.15) is 5.10 Å². The molecule has 2 aromatic carbocycles. The Morgan fingerprint density at radius 3 is 2.68 bits per heavy atom. The molecule has 0 saturated heterocycles. The normalized spacial score (nSPS) is 10.9. The van der Waals surface area contributed by atoms with Crippen LogP contribution in [-0.4, -0.2) is 35.9 Å². The van der Waals surface area contributed by atoms with Crippen molar-refractivity contribution in [3.05, 3.63) is 58.9 Å². The molecule has 0 aliphatic heterocycles. The first-order chi connectivity index (χ1) is 13.7. The van der Waals surface area contributed by atoms with E-state index in [1.807, 2.05) is 42.5 Å². The Balaban J connectivity index is 1.67. The Morgan fingerprint density at radius 1 is 1.04 bits per heavy atom. The molecule has 0 aliphatic rings. The van der Waals surface area contributed by atoms with E-state index in [0.717, 1.165) is 23.8 Å². The van der Waals surface area contributed by atoms with Gasteiger partial charge in [0.25, 0.3) is 5.56 Å². The molecule has 1 amide bonds. The summed E-state index contributed by atoms with van der Waals surface area (Å²) in [5.74, 6) is -0.0677. The number of anilines is 1. The van der Waals surface area contributed by atoms with Crippen molar-refractivity contribution >= 4 is 22.4 Å². The number of nitrogens with zero attached hydrogens (tertiary/aromatic N) is 1. The van der Waals surface area contributed by atoms with Crippen molar-refractivity contribution in [1.29, 1.82) is 0 Å². The SMILES string of the molecule is O=C(CCCCNCCF)Nc1cccc(-c2n[nH]c(=O)c3ccccc23)c1. The van der Waals surface area contributed by atoms with Crippen LogP contribution in [0.4, 0.5) is 10.1 Å². The van der Waals surface area contributed by atoms with Crippen LogP contribution in [0.2, 0.25) is 0 Å². The van der Waals surface area contributed by atoms with Gasteiger partial charge in [-0.25, -0.2) is 9.49 Å². The number of carbonyl (C=O) groups is 1. The van der Waals surface area contributed by atoms with Gasteiger partial charge in [0.15, 0.2) is 0 Å². The first-order valence-electron chi connectivity index (χ1n) is 9.33. The van der Waals surface area contributed by atoms with Crippen molar-refractivity contribution in [2.24, 2.45) is 0 Å². The van der Waals surface area contributed by atoms with Crippen LogP contribution in [0.5, 0.6) is 0 Å². The number of alkyl halides is 1. The standard InChI is InChI=1S/C21H23FN4O2/c22-11-13-23-12-4-3-10-19(27)24-16-7-5-6-15(14-16)20-17-8-1-2-9-18(17)21(28)26-25-20/h1-2,5-9,14,23H,3-4,10-13H2,(H,24,27)(H,26,28). The summed E-state index contributed by atoms with van der Waals surface area (Å²) in [6.45, 7) is 0.681. The first kappa shape index (κ1) is 19.7. The second-order valence-electron chi connectivity index (χ2n) is 6.47. The Hall–Kier alpha value is -3.06. The van der Waals surface area contributed by atoms with Crippen molar-refractivity contribution in [2.45, 2.75) is 19.3 Å². The molecule has 0 aliphatic carbocycles. The number of carbonyl (C=O) groups excluding carboxylic acids is 1. The summed E-state index contributed by atoms with van der Waals surface area (Å²) < 4.78 is 12.0. The molecule has 7 heteroatoms. The molecule has 0 atom stereocenters. The van der Waals surface area contributed by atoms with Crippen molar-refractivity contribution in [3.8, 4) is 11.3 Å². The summed E-state index contributed by atoms with van der Waals surface area (Å²) in [6, 6.07) is 14.7. The second kappa shape index (κ2) is 9.75. The van der Waals surface area contributed by atoms with Crippen LogP contribution >= 0.6 is 0 Å². The van der Waals surface area contributed by atoms with Gasteiger partial charge in [0.05, 0.1) is 11.1 Å². The van der Waals surface area contributed by atoms with Gasteiger partial charge in [0.2, 0.25) is 5.91 Å². The van der Waals surface area contributed by atoms with Gasteiger partial charge in [0.1, 0.15) is 6.67 Å². The van der Waals surface area contributed by atoms with E-state index in [1.165, 1.54) is 0 Å². The monoisotopic (exact) mass is 382 g/mol. The number of rotatable bonds is 9. The van der Waals surface area contributed by atoms with Crippen LogP contribution in [0.1, 0.15) is 19.3 Å². The maximum absolute atomic E-state index is 12.2. The fourth-order valence-corrected chi connectivity index (χ4v) is 3.03. The fraction of sp³-hybridized carbons (Fsp3) is 0.286. The highest BCUT2D eigenvalue weighted by Gasteiger charge is 2.09. The molecule has 3 aromatic rings. The van der Waals surface area contributed by atoms with Gasteiger partial charge in [-0.05, 0) is 37.6 Å². The number of halogens is 1. The number of fused-ring (bicyclic) bond motifs is 1. The zero-order chi connectivity index (χ0) is 19.8. The third-order valence-corrected chi connectivity index (χ3v) is 4.39. The average molecular weight is 382 g/mol. The molecule has 0 bridgehead atoms. The van der Waals surface area contributed by atoms with E-state index in [9.17, 15) is 14.0 Å². The van der Waals surface area contributed by atoms with Crippen molar-refractivity contribution in [1.82, 2.24) is 15.5 Å². The zero-order valence-corrected chi connectivity index (χ0v) is 15.5. The van der Waals surface area contributed by atoms with Crippen LogP contribution in [0.15, 0.2) is 53.3 Å². The number of amides is 1. The highest BCUT2D eigenvalue weighted by atomic mass is 19.1. The van der Waals surface area contributed by atoms with E-state index in [1.54, 1.807) is 6.07 Å². The minimum atomic E-state index is -0.379. The highest BCUT2D eigenvalue weighted by Crippen LogP contribution is 2.26. The molecule has 3 N–H and O–H groups in total. The molecular formula is C21H23FN4O2. The maximum Gasteiger partial charge on any atom is 0.272 e. The summed E-state index contributed by atoms with van der Waals surface area (Å²) in [5, 5.41) is 13.9. The van der Waals surface area contributed by atoms with E-state index < -0.39 is 0 Å². The van der Waals surface area contributed by atoms with Gasteiger partial charge in [-0.15, -0.1) is 0 Å². The molecule has 6 nitrogen and oxygen atoms in total. The molecule has 0 saturated carbocycles. The topological polar surface area (TPSA) is 86.9 Å². The fourth-order valence-electron chi connectivity index (χ4n) is 3.03. The Bertz CT molecular complexity index is 1000. The van der Waals surface area contributed by atoms with Crippen LogP contribution in [-0.2, 0) is 4.79 Å². The molecule has 28 heavy (non-hydrogen) atoms. The minimum absolute atomic E-state index is 0.0677. The number of hydrogen-bond acceptors (Lipinski definition) is 4. The Morgan fingerprint density at radius 2 is 1.86 bits per heavy atom. The zero-order valence-electron chi connectivity index (χ0n) is 15.5. The second-order valence-corrected chi connectivity index (χ2v) is 6.47. The van der Waals surface area contributed by atoms with E-state index >= 15 is 0 Å². The molecule has 0 fully saturated rings. The number of H-pyrrole nitrogens is 1. The smallest absolute Gasteiger partial charge is 0.272 e. The minimum Gasteiger partial charge on any atom is -0.326 e. The molecule has 1 aromatic heterocycles. The summed E-state index contributed by atoms with van der Waals surface area (Å²) >= 11 is 0. The van der Waals surface area contributed by atoms with Gasteiger partial charge in [0, 0.05) is 29.6 Å². The van der Waals surface area contributed by atoms with Crippen LogP contribution in [0, 0.1) is 0 Å². The third-order valence-electron chi connectivity index (χ3n) is 4.39. The largest absolute Gasteiger partial charge is 0.326 e. The molecule has 146 valence electrons. The number of unbranched alkanes of at least 4 members (excludes halogenated alkanes) is 1. The predicted molar refractivity (Wildman–Crippen MR) is 109 cm³/mol. The van der Waals surface area contributed by atoms with E-state index in [0.29, 0.717) is 36.3 Å². The lowest BCUT2D eigenvalue weighted by atomic mass is 10.0. The molecule has 0 spiro atoms. The van der Waals surface area contributed by atoms with Gasteiger partial charge in [-0.1, -0.05) is 30.3 Å². The Kier molecular flexibility index (Phi) is 6.86. The number of benzene rings is 2. The van der Waals surface area contributed by atoms with Gasteiger partial charge < -0.3 is 10.6 Å². The quantitative estimate of drug-likeness (QED) is 0.496. The average Bonchev–Trinajstić information content (AvgIpc) is 2.71. The molecule has 0 unspecified atom stereocenters. The summed E-state index contributed by atoms with van der Waals surface area (Å²) in [7, 11) is 0. The highest BCUT2D eigenvalue weighted by molar-refractivity contribution is 5.95. The number of aromatic nitrogens is 2. The number of hydrogen-bond donors (Lipinski definition) is 3. The summed E-state index contributed by atoms with van der Waals surface area (Å²) in [5.41, 5.74) is 1.91. The van der Waals surface area contributed by atoms with Crippen molar-refractivity contribution in [3.63, 3.8) is 0 Å². The maximum atomic E-state index is 12.2. The molecule has 3 rings (SSSR count). The molecule has 1 heterocycles. The van der Waals surface area contributed by atoms with Crippen LogP contribution in [0.25, 0.3) is 22.0 Å².